The first-order chi connectivity index (χ1) is 9.89. The second kappa shape index (κ2) is 6.16. The number of hydrogen-bond donors (Lipinski definition) is 1. The van der Waals surface area contributed by atoms with Gasteiger partial charge in [0.05, 0.1) is 5.54 Å². The molecular weight excluding hydrogens is 262 g/mol. The second-order valence-electron chi connectivity index (χ2n) is 6.39. The maximum absolute atomic E-state index is 12.8. The van der Waals surface area contributed by atoms with Crippen LogP contribution in [-0.2, 0) is 4.79 Å². The quantitative estimate of drug-likeness (QED) is 0.902. The molecule has 1 N–H and O–H groups in total. The predicted molar refractivity (Wildman–Crippen MR) is 86.0 cm³/mol. The highest BCUT2D eigenvalue weighted by molar-refractivity contribution is 5.88. The van der Waals surface area contributed by atoms with Gasteiger partial charge in [-0.25, -0.2) is 0 Å². The van der Waals surface area contributed by atoms with Crippen molar-refractivity contribution in [1.82, 2.24) is 15.1 Å². The van der Waals surface area contributed by atoms with Crippen LogP contribution in [0.3, 0.4) is 0 Å². The fraction of sp³-hybridized carbons (Fsp3) is 0.588. The van der Waals surface area contributed by atoms with E-state index in [2.05, 4.69) is 36.2 Å². The minimum atomic E-state index is -0.459. The van der Waals surface area contributed by atoms with Gasteiger partial charge in [-0.2, -0.15) is 0 Å². The molecule has 1 saturated heterocycles. The van der Waals surface area contributed by atoms with Crippen molar-refractivity contribution in [3.05, 3.63) is 35.4 Å². The number of nitrogens with zero attached hydrogens (tertiary/aromatic N) is 2. The average Bonchev–Trinajstić information content (AvgIpc) is 2.70. The van der Waals surface area contributed by atoms with Gasteiger partial charge in [-0.15, -0.1) is 0 Å². The lowest BCUT2D eigenvalue weighted by atomic mass is 9.99. The van der Waals surface area contributed by atoms with Crippen molar-refractivity contribution in [1.29, 1.82) is 0 Å². The molecule has 1 aliphatic rings. The lowest BCUT2D eigenvalue weighted by Gasteiger charge is -2.27. The molecule has 1 aliphatic heterocycles. The van der Waals surface area contributed by atoms with Crippen LogP contribution in [0.25, 0.3) is 0 Å². The lowest BCUT2D eigenvalue weighted by molar-refractivity contribution is -0.133. The molecule has 2 unspecified atom stereocenters. The zero-order valence-corrected chi connectivity index (χ0v) is 13.8. The largest absolute Gasteiger partial charge is 0.320 e. The molecule has 4 heteroatoms. The summed E-state index contributed by atoms with van der Waals surface area (Å²) in [5.41, 5.74) is 1.96. The average molecular weight is 289 g/mol. The topological polar surface area (TPSA) is 35.6 Å². The summed E-state index contributed by atoms with van der Waals surface area (Å²) < 4.78 is 0. The molecule has 1 aromatic rings. The monoisotopic (exact) mass is 289 g/mol. The summed E-state index contributed by atoms with van der Waals surface area (Å²) in [5.74, 6) is 0.208. The zero-order chi connectivity index (χ0) is 15.6. The van der Waals surface area contributed by atoms with E-state index in [1.165, 1.54) is 11.1 Å². The minimum Gasteiger partial charge on any atom is -0.320 e. The first kappa shape index (κ1) is 16.0. The Morgan fingerprint density at radius 1 is 1.33 bits per heavy atom. The van der Waals surface area contributed by atoms with Crippen molar-refractivity contribution in [2.45, 2.75) is 38.9 Å². The Bertz CT molecular complexity index is 515. The van der Waals surface area contributed by atoms with E-state index in [4.69, 9.17) is 0 Å². The minimum absolute atomic E-state index is 0.0244. The van der Waals surface area contributed by atoms with Crippen molar-refractivity contribution in [3.8, 4) is 0 Å². The molecule has 0 aliphatic carbocycles. The number of rotatable bonds is 5. The Balaban J connectivity index is 2.32. The van der Waals surface area contributed by atoms with Gasteiger partial charge < -0.3 is 9.80 Å². The molecule has 1 aromatic carbocycles. The maximum Gasteiger partial charge on any atom is 0.244 e. The number of carbonyl (C=O) groups is 1. The molecule has 2 atom stereocenters. The molecule has 0 spiro atoms. The fourth-order valence-electron chi connectivity index (χ4n) is 2.81. The van der Waals surface area contributed by atoms with E-state index < -0.39 is 5.54 Å². The van der Waals surface area contributed by atoms with Crippen LogP contribution in [0.5, 0.6) is 0 Å². The van der Waals surface area contributed by atoms with Crippen molar-refractivity contribution in [3.63, 3.8) is 0 Å². The number of aryl methyl sites for hydroxylation is 1. The van der Waals surface area contributed by atoms with E-state index in [-0.39, 0.29) is 12.1 Å². The predicted octanol–water partition coefficient (Wildman–Crippen LogP) is 2.16. The third-order valence-electron chi connectivity index (χ3n) is 4.48. The third kappa shape index (κ3) is 3.11. The van der Waals surface area contributed by atoms with Crippen LogP contribution in [0.1, 0.15) is 37.6 Å². The molecule has 1 heterocycles. The van der Waals surface area contributed by atoms with Gasteiger partial charge in [0.1, 0.15) is 6.17 Å². The summed E-state index contributed by atoms with van der Waals surface area (Å²) in [6.45, 7) is 7.79. The van der Waals surface area contributed by atoms with Gasteiger partial charge in [0.25, 0.3) is 0 Å². The molecule has 1 fully saturated rings. The maximum atomic E-state index is 12.8. The Kier molecular flexibility index (Phi) is 4.69. The van der Waals surface area contributed by atoms with Crippen LogP contribution in [0.2, 0.25) is 0 Å². The van der Waals surface area contributed by atoms with Crippen LogP contribution < -0.4 is 5.32 Å². The number of nitrogens with one attached hydrogen (secondary N) is 1. The Hall–Kier alpha value is -1.39. The lowest BCUT2D eigenvalue weighted by Crippen LogP contribution is -2.43. The van der Waals surface area contributed by atoms with Gasteiger partial charge >= 0.3 is 0 Å². The van der Waals surface area contributed by atoms with E-state index in [9.17, 15) is 4.79 Å². The van der Waals surface area contributed by atoms with E-state index in [1.54, 1.807) is 0 Å². The number of amides is 1. The van der Waals surface area contributed by atoms with E-state index in [0.717, 1.165) is 19.5 Å². The first-order valence-electron chi connectivity index (χ1n) is 7.68. The number of hydrogen-bond acceptors (Lipinski definition) is 3. The van der Waals surface area contributed by atoms with Gasteiger partial charge in [-0.05, 0) is 45.5 Å². The molecule has 0 radical (unpaired) electrons. The molecule has 21 heavy (non-hydrogen) atoms. The summed E-state index contributed by atoms with van der Waals surface area (Å²) in [6, 6.07) is 8.30. The summed E-state index contributed by atoms with van der Waals surface area (Å²) in [7, 11) is 4.07. The molecular formula is C17H27N3O. The Morgan fingerprint density at radius 3 is 2.57 bits per heavy atom. The van der Waals surface area contributed by atoms with Crippen molar-refractivity contribution >= 4 is 5.91 Å². The molecule has 1 amide bonds. The summed E-state index contributed by atoms with van der Waals surface area (Å²) >= 11 is 0. The van der Waals surface area contributed by atoms with Crippen molar-refractivity contribution < 1.29 is 4.79 Å². The van der Waals surface area contributed by atoms with Gasteiger partial charge in [-0.1, -0.05) is 31.2 Å². The van der Waals surface area contributed by atoms with Gasteiger partial charge in [-0.3, -0.25) is 10.1 Å². The van der Waals surface area contributed by atoms with Crippen LogP contribution in [0.15, 0.2) is 24.3 Å². The van der Waals surface area contributed by atoms with Gasteiger partial charge in [0.2, 0.25) is 5.91 Å². The van der Waals surface area contributed by atoms with Crippen molar-refractivity contribution in [2.75, 3.05) is 27.2 Å². The number of carbonyl (C=O) groups excluding carboxylic acids is 1. The Labute approximate surface area is 128 Å². The highest BCUT2D eigenvalue weighted by atomic mass is 16.2. The first-order valence-corrected chi connectivity index (χ1v) is 7.68. The fourth-order valence-corrected chi connectivity index (χ4v) is 2.81. The van der Waals surface area contributed by atoms with Crippen LogP contribution >= 0.6 is 0 Å². The summed E-state index contributed by atoms with van der Waals surface area (Å²) in [6.07, 6.45) is 0.774. The molecule has 0 saturated carbocycles. The second-order valence-corrected chi connectivity index (χ2v) is 6.39. The van der Waals surface area contributed by atoms with Gasteiger partial charge in [0.15, 0.2) is 0 Å². The van der Waals surface area contributed by atoms with E-state index in [1.807, 2.05) is 38.1 Å². The van der Waals surface area contributed by atoms with Crippen LogP contribution in [-0.4, -0.2) is 48.4 Å². The standard InChI is InChI=1S/C17H27N3O/c1-6-17(3)16(21)20(12-11-19(4)5)15(18-17)14-10-8-7-9-13(14)2/h7-10,15,18H,6,11-12H2,1-5H3. The number of likely N-dealkylation sites (N-methyl/N-ethyl adjacent to an activating group) is 1. The summed E-state index contributed by atoms with van der Waals surface area (Å²) in [4.78, 5) is 16.9. The van der Waals surface area contributed by atoms with E-state index >= 15 is 0 Å². The van der Waals surface area contributed by atoms with Crippen LogP contribution in [0.4, 0.5) is 0 Å². The number of benzene rings is 1. The highest BCUT2D eigenvalue weighted by Crippen LogP contribution is 2.33. The van der Waals surface area contributed by atoms with Gasteiger partial charge in [0, 0.05) is 13.1 Å². The van der Waals surface area contributed by atoms with E-state index in [0.29, 0.717) is 0 Å². The normalized spacial score (nSPS) is 25.9. The van der Waals surface area contributed by atoms with Crippen LogP contribution in [0, 0.1) is 6.92 Å². The molecule has 2 rings (SSSR count). The zero-order valence-electron chi connectivity index (χ0n) is 13.8. The Morgan fingerprint density at radius 2 is 2.00 bits per heavy atom. The molecule has 4 nitrogen and oxygen atoms in total. The molecule has 0 aromatic heterocycles. The third-order valence-corrected chi connectivity index (χ3v) is 4.48. The SMILES string of the molecule is CCC1(C)NC(c2ccccc2C)N(CCN(C)C)C1=O. The molecule has 0 bridgehead atoms. The van der Waals surface area contributed by atoms with Crippen molar-refractivity contribution in [2.24, 2.45) is 0 Å². The highest BCUT2D eigenvalue weighted by Gasteiger charge is 2.47. The molecule has 116 valence electrons. The smallest absolute Gasteiger partial charge is 0.244 e. The summed E-state index contributed by atoms with van der Waals surface area (Å²) in [5, 5.41) is 3.56.